The molecule has 226 valence electrons. The number of nitrogens with two attached hydrogens (primary N) is 1. The van der Waals surface area contributed by atoms with Crippen molar-refractivity contribution < 1.29 is 43.2 Å². The van der Waals surface area contributed by atoms with Crippen molar-refractivity contribution in [1.29, 1.82) is 0 Å². The van der Waals surface area contributed by atoms with Crippen molar-refractivity contribution in [2.45, 2.75) is 35.3 Å². The van der Waals surface area contributed by atoms with E-state index in [9.17, 15) is 28.7 Å². The van der Waals surface area contributed by atoms with Crippen molar-refractivity contribution in [2.24, 2.45) is 5.16 Å². The van der Waals surface area contributed by atoms with Gasteiger partial charge in [0.25, 0.3) is 11.8 Å². The second-order valence-electron chi connectivity index (χ2n) is 9.10. The van der Waals surface area contributed by atoms with E-state index in [1.165, 1.54) is 47.2 Å². The number of aromatic nitrogens is 3. The van der Waals surface area contributed by atoms with Gasteiger partial charge in [0.1, 0.15) is 35.0 Å². The number of halogens is 1. The van der Waals surface area contributed by atoms with Crippen LogP contribution in [0.25, 0.3) is 10.2 Å². The van der Waals surface area contributed by atoms with Gasteiger partial charge in [-0.3, -0.25) is 14.5 Å². The van der Waals surface area contributed by atoms with Crippen LogP contribution in [0, 0.1) is 0 Å². The van der Waals surface area contributed by atoms with E-state index in [-0.39, 0.29) is 34.5 Å². The normalized spacial score (nSPS) is 19.2. The molecule has 3 atom stereocenters. The topological polar surface area (TPSA) is 201 Å². The molecule has 1 unspecified atom stereocenters. The molecule has 5 heterocycles. The third-order valence-corrected chi connectivity index (χ3v) is 10.5. The van der Waals surface area contributed by atoms with Gasteiger partial charge in [-0.1, -0.05) is 16.9 Å². The van der Waals surface area contributed by atoms with E-state index < -0.39 is 47.9 Å². The van der Waals surface area contributed by atoms with Crippen LogP contribution in [0.2, 0.25) is 0 Å². The lowest BCUT2D eigenvalue weighted by atomic mass is 10.0. The number of anilines is 1. The summed E-state index contributed by atoms with van der Waals surface area (Å²) >= 11 is 5.09. The van der Waals surface area contributed by atoms with Crippen molar-refractivity contribution in [3.63, 3.8) is 0 Å². The number of pyridine rings is 1. The Morgan fingerprint density at radius 2 is 2.16 bits per heavy atom. The molecule has 43 heavy (non-hydrogen) atoms. The number of rotatable bonds is 12. The smallest absolute Gasteiger partial charge is 0.352 e. The number of aliphatic carboxylic acids is 2. The molecule has 5 rings (SSSR count). The average molecular weight is 669 g/mol. The minimum absolute atomic E-state index is 0.0232. The molecule has 0 saturated carbocycles. The summed E-state index contributed by atoms with van der Waals surface area (Å²) in [7, 11) is 0. The molecule has 0 aromatic carbocycles. The minimum atomic E-state index is -1.37. The molecular formula is C24H23FN7O7S4+. The first-order valence-corrected chi connectivity index (χ1v) is 16.2. The zero-order valence-electron chi connectivity index (χ0n) is 22.1. The Morgan fingerprint density at radius 3 is 2.84 bits per heavy atom. The van der Waals surface area contributed by atoms with Crippen LogP contribution in [-0.4, -0.2) is 90.2 Å². The number of hydrogen-bond acceptors (Lipinski definition) is 13. The van der Waals surface area contributed by atoms with E-state index in [0.717, 1.165) is 20.9 Å². The Labute approximate surface area is 258 Å². The molecule has 2 aliphatic rings. The summed E-state index contributed by atoms with van der Waals surface area (Å²) in [5.74, 6) is -3.51. The first-order chi connectivity index (χ1) is 20.6. The largest absolute Gasteiger partial charge is 0.478 e. The number of carbonyl (C=O) groups excluding carboxylic acids is 2. The van der Waals surface area contributed by atoms with Gasteiger partial charge in [-0.15, -0.1) is 34.4 Å². The molecule has 2 amide bonds. The van der Waals surface area contributed by atoms with Crippen LogP contribution in [0.15, 0.2) is 44.6 Å². The lowest BCUT2D eigenvalue weighted by molar-refractivity contribution is -0.695. The van der Waals surface area contributed by atoms with Gasteiger partial charge in [0.05, 0.1) is 4.70 Å². The number of oxime groups is 1. The van der Waals surface area contributed by atoms with Crippen LogP contribution in [0.3, 0.4) is 0 Å². The van der Waals surface area contributed by atoms with Gasteiger partial charge in [-0.05, 0) is 12.5 Å². The molecule has 1 saturated heterocycles. The summed E-state index contributed by atoms with van der Waals surface area (Å²) in [6.07, 6.45) is 2.16. The fourth-order valence-corrected chi connectivity index (χ4v) is 8.20. The molecular weight excluding hydrogens is 646 g/mol. The molecule has 1 fully saturated rings. The number of aryl methyl sites for hydroxylation is 1. The van der Waals surface area contributed by atoms with E-state index in [4.69, 9.17) is 15.7 Å². The van der Waals surface area contributed by atoms with E-state index in [0.29, 0.717) is 21.2 Å². The van der Waals surface area contributed by atoms with Gasteiger partial charge < -0.3 is 26.1 Å². The second kappa shape index (κ2) is 12.8. The number of hydrogen-bond donors (Lipinski definition) is 4. The highest BCUT2D eigenvalue weighted by Crippen LogP contribution is 2.42. The van der Waals surface area contributed by atoms with E-state index in [1.807, 2.05) is 6.07 Å². The maximum atomic E-state index is 13.2. The molecule has 19 heteroatoms. The summed E-state index contributed by atoms with van der Waals surface area (Å²) in [4.78, 5) is 64.3. The number of thioether (sulfide) groups is 2. The van der Waals surface area contributed by atoms with Crippen LogP contribution in [0.1, 0.15) is 12.6 Å². The summed E-state index contributed by atoms with van der Waals surface area (Å²) < 4.78 is 16.0. The Hall–Kier alpha value is -3.81. The standard InChI is InChI=1S/C24H22FN7O7S4/c1-10(21(35)36)39-30-15(13-9-41-23(26)27-13)18(33)29-16-19(34)32-17(22(37)38)11(7-40-20(16)32)8-42-24-28-12-6-31(5-3-25)4-2-14(12)43-24/h2,4,6,9-10,16,20H,3,5,7-8H2,1H3,(H4-,26,27,29,33,35,36,37,38)/p+1/b30-15-/t10-,16?,20-/m0/s1. The zero-order chi connectivity index (χ0) is 30.8. The maximum Gasteiger partial charge on any atom is 0.352 e. The number of carboxylic acids is 2. The monoisotopic (exact) mass is 668 g/mol. The minimum Gasteiger partial charge on any atom is -0.478 e. The van der Waals surface area contributed by atoms with E-state index in [1.54, 1.807) is 17.0 Å². The quantitative estimate of drug-likeness (QED) is 0.0710. The maximum absolute atomic E-state index is 13.2. The Morgan fingerprint density at radius 1 is 1.37 bits per heavy atom. The van der Waals surface area contributed by atoms with E-state index in [2.05, 4.69) is 20.4 Å². The molecule has 0 aliphatic carbocycles. The number of amides is 2. The Kier molecular flexibility index (Phi) is 9.13. The highest BCUT2D eigenvalue weighted by molar-refractivity contribution is 8.02. The fourth-order valence-electron chi connectivity index (χ4n) is 4.13. The summed E-state index contributed by atoms with van der Waals surface area (Å²) in [5.41, 5.74) is 6.39. The second-order valence-corrected chi connectivity index (χ2v) is 13.4. The molecule has 5 N–H and O–H groups in total. The van der Waals surface area contributed by atoms with E-state index >= 15 is 0 Å². The van der Waals surface area contributed by atoms with Crippen LogP contribution in [-0.2, 0) is 30.6 Å². The first kappa shape index (κ1) is 30.6. The third kappa shape index (κ3) is 6.43. The number of alkyl halides is 1. The number of β-lactam (4-membered cyclic amide) rings is 1. The van der Waals surface area contributed by atoms with Crippen LogP contribution >= 0.6 is 46.2 Å². The van der Waals surface area contributed by atoms with Crippen molar-refractivity contribution in [2.75, 3.05) is 23.9 Å². The molecule has 0 spiro atoms. The molecule has 14 nitrogen and oxygen atoms in total. The molecule has 3 aromatic heterocycles. The summed E-state index contributed by atoms with van der Waals surface area (Å²) in [6.45, 7) is 0.946. The van der Waals surface area contributed by atoms with Gasteiger partial charge in [0, 0.05) is 23.0 Å². The number of carbonyl (C=O) groups is 4. The summed E-state index contributed by atoms with van der Waals surface area (Å²) in [5, 5.41) is 26.1. The average Bonchev–Trinajstić information content (AvgIpc) is 3.59. The Bertz CT molecular complexity index is 1680. The fraction of sp³-hybridized carbons (Fsp3) is 0.333. The third-order valence-electron chi connectivity index (χ3n) is 6.25. The van der Waals surface area contributed by atoms with Crippen LogP contribution in [0.5, 0.6) is 0 Å². The summed E-state index contributed by atoms with van der Waals surface area (Å²) in [6, 6.07) is 0.778. The van der Waals surface area contributed by atoms with Gasteiger partial charge in [0.2, 0.25) is 6.10 Å². The van der Waals surface area contributed by atoms with Gasteiger partial charge in [0.15, 0.2) is 34.1 Å². The molecule has 0 radical (unpaired) electrons. The number of fused-ring (bicyclic) bond motifs is 2. The molecule has 2 aliphatic heterocycles. The lowest BCUT2D eigenvalue weighted by Crippen LogP contribution is -2.71. The highest BCUT2D eigenvalue weighted by atomic mass is 32.2. The molecule has 0 bridgehead atoms. The van der Waals surface area contributed by atoms with Gasteiger partial charge >= 0.3 is 11.9 Å². The first-order valence-electron chi connectivity index (χ1n) is 12.4. The van der Waals surface area contributed by atoms with Crippen LogP contribution in [0.4, 0.5) is 9.52 Å². The van der Waals surface area contributed by atoms with Crippen molar-refractivity contribution in [3.05, 3.63) is 40.8 Å². The van der Waals surface area contributed by atoms with Gasteiger partial charge in [-0.25, -0.2) is 28.5 Å². The Balaban J connectivity index is 1.30. The van der Waals surface area contributed by atoms with Crippen molar-refractivity contribution in [3.8, 4) is 0 Å². The van der Waals surface area contributed by atoms with Crippen molar-refractivity contribution in [1.82, 2.24) is 20.2 Å². The number of carboxylic acid groups (broad SMARTS) is 2. The number of nitrogen functional groups attached to an aromatic ring is 1. The zero-order valence-corrected chi connectivity index (χ0v) is 25.4. The van der Waals surface area contributed by atoms with Gasteiger partial charge in [-0.2, -0.15) is 0 Å². The van der Waals surface area contributed by atoms with Crippen molar-refractivity contribution >= 4 is 91.0 Å². The molecule has 3 aromatic rings. The van der Waals surface area contributed by atoms with Crippen LogP contribution < -0.4 is 15.6 Å². The highest BCUT2D eigenvalue weighted by Gasteiger charge is 2.54. The predicted octanol–water partition coefficient (Wildman–Crippen LogP) is 1.32. The number of nitrogens with zero attached hydrogens (tertiary/aromatic N) is 5. The predicted molar refractivity (Wildman–Crippen MR) is 157 cm³/mol. The lowest BCUT2D eigenvalue weighted by Gasteiger charge is -2.49. The number of thiazole rings is 2. The SMILES string of the molecule is C[C@H](O/N=C(\C(=O)NC1C(=O)N2C(C(=O)O)=C(CSc3nc4c[n+](CCF)ccc4s3)CS[C@@H]12)c1csc(N)n1)C(=O)O. The number of nitrogens with one attached hydrogen (secondary N) is 1.